The molecule has 1 aromatic rings. The first-order valence-electron chi connectivity index (χ1n) is 10.3. The lowest BCUT2D eigenvalue weighted by molar-refractivity contribution is 0.0575. The highest BCUT2D eigenvalue weighted by molar-refractivity contribution is 8.14. The van der Waals surface area contributed by atoms with Gasteiger partial charge in [-0.15, -0.1) is 0 Å². The molecule has 0 bridgehead atoms. The molecular weight excluding hydrogens is 393 g/mol. The second-order valence-electron chi connectivity index (χ2n) is 7.22. The molecule has 1 fully saturated rings. The van der Waals surface area contributed by atoms with Crippen LogP contribution >= 0.6 is 11.8 Å². The molecule has 0 aromatic heterocycles. The van der Waals surface area contributed by atoms with Gasteiger partial charge >= 0.3 is 5.24 Å². The van der Waals surface area contributed by atoms with Gasteiger partial charge in [-0.05, 0) is 43.9 Å². The van der Waals surface area contributed by atoms with Crippen LogP contribution < -0.4 is 9.47 Å². The molecule has 8 heteroatoms. The van der Waals surface area contributed by atoms with Gasteiger partial charge in [0.15, 0.2) is 11.5 Å². The van der Waals surface area contributed by atoms with E-state index in [1.54, 1.807) is 11.1 Å². The first-order chi connectivity index (χ1) is 14.1. The van der Waals surface area contributed by atoms with Gasteiger partial charge in [0.25, 0.3) is 0 Å². The van der Waals surface area contributed by atoms with Gasteiger partial charge in [0, 0.05) is 18.7 Å². The van der Waals surface area contributed by atoms with Gasteiger partial charge in [0.2, 0.25) is 6.86 Å². The van der Waals surface area contributed by atoms with Crippen LogP contribution in [0.15, 0.2) is 23.3 Å². The number of carbonyl (C=O) groups excluding carboxylic acids is 1. The van der Waals surface area contributed by atoms with E-state index in [0.29, 0.717) is 11.5 Å². The standard InChI is InChI=1S/C21H30FN3O3S/c1-4-18-20(15-9-10-16(28-14-22)17(13-15)27-3)23-25(21(26)29-18)19(5-2)24-11-7-6-8-12-24/h9-10,13,18-19H,4-8,11-12,14H2,1-3H3. The molecule has 0 N–H and O–H groups in total. The van der Waals surface area contributed by atoms with E-state index in [4.69, 9.17) is 14.6 Å². The van der Waals surface area contributed by atoms with Gasteiger partial charge < -0.3 is 9.47 Å². The van der Waals surface area contributed by atoms with Gasteiger partial charge in [-0.2, -0.15) is 5.10 Å². The monoisotopic (exact) mass is 423 g/mol. The zero-order valence-corrected chi connectivity index (χ0v) is 18.2. The number of nitrogens with zero attached hydrogens (tertiary/aromatic N) is 3. The number of ether oxygens (including phenoxy) is 2. The second-order valence-corrected chi connectivity index (χ2v) is 8.37. The number of methoxy groups -OCH3 is 1. The summed E-state index contributed by atoms with van der Waals surface area (Å²) in [7, 11) is 1.53. The molecule has 1 amide bonds. The largest absolute Gasteiger partial charge is 0.493 e. The number of hydrogen-bond donors (Lipinski definition) is 0. The van der Waals surface area contributed by atoms with Crippen LogP contribution in [0.5, 0.6) is 11.5 Å². The number of halogens is 1. The Morgan fingerprint density at radius 3 is 2.62 bits per heavy atom. The van der Waals surface area contributed by atoms with Crippen molar-refractivity contribution in [3.63, 3.8) is 0 Å². The topological polar surface area (TPSA) is 54.4 Å². The van der Waals surface area contributed by atoms with E-state index in [9.17, 15) is 9.18 Å². The summed E-state index contributed by atoms with van der Waals surface area (Å²) in [6.45, 7) is 5.23. The number of hydrogen-bond acceptors (Lipinski definition) is 6. The van der Waals surface area contributed by atoms with Crippen LogP contribution in [0.1, 0.15) is 51.5 Å². The average molecular weight is 424 g/mol. The first-order valence-corrected chi connectivity index (χ1v) is 11.2. The summed E-state index contributed by atoms with van der Waals surface area (Å²) >= 11 is 1.33. The molecule has 2 aliphatic heterocycles. The van der Waals surface area contributed by atoms with E-state index in [2.05, 4.69) is 18.7 Å². The molecule has 2 unspecified atom stereocenters. The van der Waals surface area contributed by atoms with Crippen LogP contribution in [0.2, 0.25) is 0 Å². The number of carbonyl (C=O) groups is 1. The average Bonchev–Trinajstić information content (AvgIpc) is 2.76. The lowest BCUT2D eigenvalue weighted by Gasteiger charge is -2.40. The predicted octanol–water partition coefficient (Wildman–Crippen LogP) is 4.87. The van der Waals surface area contributed by atoms with Crippen LogP contribution in [0.4, 0.5) is 9.18 Å². The van der Waals surface area contributed by atoms with Gasteiger partial charge in [0.1, 0.15) is 6.17 Å². The SMILES string of the molecule is CCC1SC(=O)N(C(CC)N2CCCCC2)N=C1c1ccc(OCF)c(OC)c1. The summed E-state index contributed by atoms with van der Waals surface area (Å²) in [6.07, 6.45) is 5.15. The smallest absolute Gasteiger partial charge is 0.303 e. The molecule has 1 aromatic carbocycles. The maximum Gasteiger partial charge on any atom is 0.303 e. The van der Waals surface area contributed by atoms with E-state index in [1.165, 1.54) is 25.3 Å². The lowest BCUT2D eigenvalue weighted by atomic mass is 10.0. The van der Waals surface area contributed by atoms with Crippen molar-refractivity contribution in [2.24, 2.45) is 5.10 Å². The van der Waals surface area contributed by atoms with Crippen molar-refractivity contribution < 1.29 is 18.7 Å². The molecule has 2 atom stereocenters. The Balaban J connectivity index is 1.96. The number of rotatable bonds is 8. The van der Waals surface area contributed by atoms with E-state index >= 15 is 0 Å². The van der Waals surface area contributed by atoms with E-state index in [1.807, 2.05) is 12.1 Å². The lowest BCUT2D eigenvalue weighted by Crippen LogP contribution is -2.51. The summed E-state index contributed by atoms with van der Waals surface area (Å²) in [5, 5.41) is 6.48. The van der Waals surface area contributed by atoms with Crippen molar-refractivity contribution >= 4 is 22.7 Å². The van der Waals surface area contributed by atoms with E-state index in [0.717, 1.165) is 50.0 Å². The van der Waals surface area contributed by atoms with E-state index < -0.39 is 6.86 Å². The maximum atomic E-state index is 12.9. The van der Waals surface area contributed by atoms with Crippen molar-refractivity contribution in [3.8, 4) is 11.5 Å². The number of piperidine rings is 1. The van der Waals surface area contributed by atoms with Crippen LogP contribution in [0.25, 0.3) is 0 Å². The molecule has 0 radical (unpaired) electrons. The molecule has 0 aliphatic carbocycles. The van der Waals surface area contributed by atoms with Crippen molar-refractivity contribution in [1.29, 1.82) is 0 Å². The number of hydrazone groups is 1. The predicted molar refractivity (Wildman–Crippen MR) is 115 cm³/mol. The Morgan fingerprint density at radius 1 is 1.24 bits per heavy atom. The number of benzene rings is 1. The fourth-order valence-electron chi connectivity index (χ4n) is 3.97. The summed E-state index contributed by atoms with van der Waals surface area (Å²) in [6, 6.07) is 5.35. The van der Waals surface area contributed by atoms with Gasteiger partial charge in [-0.3, -0.25) is 9.69 Å². The van der Waals surface area contributed by atoms with Crippen LogP contribution in [-0.2, 0) is 0 Å². The van der Waals surface area contributed by atoms with Crippen LogP contribution in [0.3, 0.4) is 0 Å². The highest BCUT2D eigenvalue weighted by Crippen LogP contribution is 2.35. The van der Waals surface area contributed by atoms with E-state index in [-0.39, 0.29) is 16.7 Å². The Kier molecular flexibility index (Phi) is 7.77. The van der Waals surface area contributed by atoms with Crippen molar-refractivity contribution in [1.82, 2.24) is 9.91 Å². The first kappa shape index (κ1) is 21.9. The molecule has 1 saturated heterocycles. The Morgan fingerprint density at radius 2 is 2.00 bits per heavy atom. The summed E-state index contributed by atoms with van der Waals surface area (Å²) in [5.41, 5.74) is 1.70. The number of thioether (sulfide) groups is 1. The normalized spacial score (nSPS) is 21.7. The minimum atomic E-state index is -0.916. The molecule has 6 nitrogen and oxygen atoms in total. The zero-order valence-electron chi connectivity index (χ0n) is 17.4. The Bertz CT molecular complexity index is 740. The Hall–Kier alpha value is -1.80. The van der Waals surface area contributed by atoms with Gasteiger partial charge in [-0.1, -0.05) is 32.0 Å². The molecule has 0 saturated carbocycles. The van der Waals surface area contributed by atoms with Crippen molar-refractivity contribution in [3.05, 3.63) is 23.8 Å². The molecule has 0 spiro atoms. The molecular formula is C21H30FN3O3S. The molecule has 2 heterocycles. The zero-order chi connectivity index (χ0) is 20.8. The fourth-order valence-corrected chi connectivity index (χ4v) is 4.94. The number of likely N-dealkylation sites (tertiary alicyclic amines) is 1. The third kappa shape index (κ3) is 4.86. The third-order valence-electron chi connectivity index (χ3n) is 5.45. The summed E-state index contributed by atoms with van der Waals surface area (Å²) in [5.74, 6) is 0.803. The number of alkyl halides is 1. The van der Waals surface area contributed by atoms with Gasteiger partial charge in [-0.25, -0.2) is 9.40 Å². The fraction of sp³-hybridized carbons (Fsp3) is 0.619. The number of amides is 1. The van der Waals surface area contributed by atoms with Crippen molar-refractivity contribution in [2.75, 3.05) is 27.1 Å². The van der Waals surface area contributed by atoms with Crippen molar-refractivity contribution in [2.45, 2.75) is 57.4 Å². The second kappa shape index (κ2) is 10.3. The van der Waals surface area contributed by atoms with Gasteiger partial charge in [0.05, 0.1) is 18.1 Å². The van der Waals surface area contributed by atoms with Crippen LogP contribution in [-0.4, -0.2) is 59.3 Å². The van der Waals surface area contributed by atoms with Crippen LogP contribution in [0, 0.1) is 0 Å². The quantitative estimate of drug-likeness (QED) is 0.597. The highest BCUT2D eigenvalue weighted by atomic mass is 32.2. The minimum absolute atomic E-state index is 0.00220. The maximum absolute atomic E-state index is 12.9. The Labute approximate surface area is 176 Å². The molecule has 160 valence electrons. The highest BCUT2D eigenvalue weighted by Gasteiger charge is 2.36. The molecule has 29 heavy (non-hydrogen) atoms. The third-order valence-corrected chi connectivity index (χ3v) is 6.68. The molecule has 3 rings (SSSR count). The summed E-state index contributed by atoms with van der Waals surface area (Å²) < 4.78 is 23.0. The summed E-state index contributed by atoms with van der Waals surface area (Å²) in [4.78, 5) is 15.3. The molecule has 2 aliphatic rings. The minimum Gasteiger partial charge on any atom is -0.493 e.